The molecule has 0 aliphatic carbocycles. The van der Waals surface area contributed by atoms with E-state index in [0.29, 0.717) is 17.9 Å². The highest BCUT2D eigenvalue weighted by Crippen LogP contribution is 2.27. The van der Waals surface area contributed by atoms with Crippen LogP contribution in [0.5, 0.6) is 5.75 Å². The molecule has 21 heavy (non-hydrogen) atoms. The number of amides is 1. The van der Waals surface area contributed by atoms with Crippen LogP contribution < -0.4 is 10.1 Å². The molecule has 1 atom stereocenters. The quantitative estimate of drug-likeness (QED) is 0.815. The lowest BCUT2D eigenvalue weighted by molar-refractivity contribution is -0.118. The van der Waals surface area contributed by atoms with Crippen LogP contribution in [0.4, 0.5) is 0 Å². The second-order valence-electron chi connectivity index (χ2n) is 5.22. The monoisotopic (exact) mass is 287 g/mol. The number of carbonyl (C=O) groups excluding carboxylic acids is 1. The molecule has 0 spiro atoms. The lowest BCUT2D eigenvalue weighted by Gasteiger charge is -2.23. The van der Waals surface area contributed by atoms with Crippen molar-refractivity contribution in [3.63, 3.8) is 0 Å². The highest BCUT2D eigenvalue weighted by molar-refractivity contribution is 5.80. The van der Waals surface area contributed by atoms with E-state index in [2.05, 4.69) is 23.2 Å². The Morgan fingerprint density at radius 1 is 1.48 bits per heavy atom. The molecule has 1 aromatic carbocycles. The Morgan fingerprint density at radius 2 is 2.29 bits per heavy atom. The normalized spacial score (nSPS) is 18.3. The van der Waals surface area contributed by atoms with E-state index in [0.717, 1.165) is 31.4 Å². The predicted octanol–water partition coefficient (Wildman–Crippen LogP) is 2.19. The van der Waals surface area contributed by atoms with Crippen LogP contribution >= 0.6 is 0 Å². The summed E-state index contributed by atoms with van der Waals surface area (Å²) in [5, 5.41) is 12.1. The number of methoxy groups -OCH3 is 1. The van der Waals surface area contributed by atoms with E-state index in [-0.39, 0.29) is 12.1 Å². The first-order chi connectivity index (χ1) is 10.2. The molecular formula is C16H21N3O2. The Kier molecular flexibility index (Phi) is 5.18. The molecule has 1 heterocycles. The molecule has 0 radical (unpaired) electrons. The number of rotatable bonds is 6. The molecule has 1 aliphatic rings. The van der Waals surface area contributed by atoms with E-state index in [9.17, 15) is 10.1 Å². The van der Waals surface area contributed by atoms with Crippen LogP contribution in [-0.2, 0) is 4.79 Å². The lowest BCUT2D eigenvalue weighted by atomic mass is 10.1. The highest BCUT2D eigenvalue weighted by Gasteiger charge is 2.30. The van der Waals surface area contributed by atoms with E-state index >= 15 is 0 Å². The van der Waals surface area contributed by atoms with E-state index in [4.69, 9.17) is 4.74 Å². The van der Waals surface area contributed by atoms with Crippen molar-refractivity contribution in [3.05, 3.63) is 29.3 Å². The average molecular weight is 287 g/mol. The smallest absolute Gasteiger partial charge is 0.235 e. The molecule has 5 heteroatoms. The molecule has 1 aliphatic heterocycles. The molecule has 0 aromatic heterocycles. The van der Waals surface area contributed by atoms with Crippen molar-refractivity contribution < 1.29 is 9.53 Å². The van der Waals surface area contributed by atoms with E-state index < -0.39 is 0 Å². The van der Waals surface area contributed by atoms with Crippen LogP contribution in [0, 0.1) is 11.3 Å². The van der Waals surface area contributed by atoms with Gasteiger partial charge in [-0.25, -0.2) is 0 Å². The van der Waals surface area contributed by atoms with Crippen LogP contribution in [0.1, 0.15) is 43.5 Å². The zero-order valence-electron chi connectivity index (χ0n) is 12.6. The first-order valence-electron chi connectivity index (χ1n) is 7.31. The minimum Gasteiger partial charge on any atom is -0.495 e. The van der Waals surface area contributed by atoms with Crippen molar-refractivity contribution in [2.24, 2.45) is 0 Å². The van der Waals surface area contributed by atoms with Crippen LogP contribution in [-0.4, -0.2) is 31.0 Å². The number of hydrogen-bond donors (Lipinski definition) is 1. The summed E-state index contributed by atoms with van der Waals surface area (Å²) in [7, 11) is 1.55. The van der Waals surface area contributed by atoms with Gasteiger partial charge in [0.05, 0.1) is 19.2 Å². The molecule has 1 amide bonds. The molecule has 1 aromatic rings. The van der Waals surface area contributed by atoms with Gasteiger partial charge in [0.2, 0.25) is 5.91 Å². The third kappa shape index (κ3) is 3.53. The van der Waals surface area contributed by atoms with Gasteiger partial charge in [-0.2, -0.15) is 5.26 Å². The van der Waals surface area contributed by atoms with Gasteiger partial charge in [0.1, 0.15) is 18.0 Å². The van der Waals surface area contributed by atoms with Crippen molar-refractivity contribution in [1.82, 2.24) is 10.2 Å². The Balaban J connectivity index is 2.18. The van der Waals surface area contributed by atoms with Gasteiger partial charge in [-0.15, -0.1) is 0 Å². The standard InChI is InChI=1S/C16H21N3O2/c1-3-4-5-8-19-11-15(20)18-16(19)12-6-7-14(21-2)13(9-12)10-17/h6-7,9,16H,3-5,8,11H2,1-2H3,(H,18,20)/t16-/m0/s1. The van der Waals surface area contributed by atoms with Crippen LogP contribution in [0.25, 0.3) is 0 Å². The molecule has 1 saturated heterocycles. The van der Waals surface area contributed by atoms with Crippen molar-refractivity contribution in [2.75, 3.05) is 20.2 Å². The minimum atomic E-state index is -0.146. The first kappa shape index (κ1) is 15.3. The largest absolute Gasteiger partial charge is 0.495 e. The van der Waals surface area contributed by atoms with Crippen LogP contribution in [0.2, 0.25) is 0 Å². The van der Waals surface area contributed by atoms with Gasteiger partial charge in [0, 0.05) is 6.54 Å². The van der Waals surface area contributed by atoms with E-state index in [1.807, 2.05) is 6.07 Å². The van der Waals surface area contributed by atoms with Gasteiger partial charge >= 0.3 is 0 Å². The van der Waals surface area contributed by atoms with E-state index in [1.54, 1.807) is 19.2 Å². The predicted molar refractivity (Wildman–Crippen MR) is 79.7 cm³/mol. The van der Waals surface area contributed by atoms with Crippen LogP contribution in [0.15, 0.2) is 18.2 Å². The maximum absolute atomic E-state index is 11.7. The number of carbonyl (C=O) groups is 1. The average Bonchev–Trinajstić information content (AvgIpc) is 2.87. The Labute approximate surface area is 125 Å². The van der Waals surface area contributed by atoms with Gasteiger partial charge in [0.25, 0.3) is 0 Å². The van der Waals surface area contributed by atoms with Crippen molar-refractivity contribution in [2.45, 2.75) is 32.4 Å². The van der Waals surface area contributed by atoms with E-state index in [1.165, 1.54) is 0 Å². The lowest BCUT2D eigenvalue weighted by Crippen LogP contribution is -2.28. The van der Waals surface area contributed by atoms with Crippen molar-refractivity contribution in [3.8, 4) is 11.8 Å². The molecule has 0 unspecified atom stereocenters. The number of nitrogens with one attached hydrogen (secondary N) is 1. The topological polar surface area (TPSA) is 65.4 Å². The third-order valence-corrected chi connectivity index (χ3v) is 3.72. The number of hydrogen-bond acceptors (Lipinski definition) is 4. The summed E-state index contributed by atoms with van der Waals surface area (Å²) in [6.07, 6.45) is 3.24. The Hall–Kier alpha value is -2.06. The van der Waals surface area contributed by atoms with Crippen LogP contribution in [0.3, 0.4) is 0 Å². The van der Waals surface area contributed by atoms with Crippen molar-refractivity contribution >= 4 is 5.91 Å². The number of unbranched alkanes of at least 4 members (excludes halogenated alkanes) is 2. The minimum absolute atomic E-state index is 0.0332. The van der Waals surface area contributed by atoms with Crippen molar-refractivity contribution in [1.29, 1.82) is 5.26 Å². The zero-order chi connectivity index (χ0) is 15.2. The second-order valence-corrected chi connectivity index (χ2v) is 5.22. The molecule has 5 nitrogen and oxygen atoms in total. The summed E-state index contributed by atoms with van der Waals surface area (Å²) in [4.78, 5) is 13.8. The molecule has 1 N–H and O–H groups in total. The number of nitriles is 1. The first-order valence-corrected chi connectivity index (χ1v) is 7.31. The Morgan fingerprint density at radius 3 is 2.95 bits per heavy atom. The number of benzene rings is 1. The fraction of sp³-hybridized carbons (Fsp3) is 0.500. The summed E-state index contributed by atoms with van der Waals surface area (Å²) in [5.41, 5.74) is 1.42. The molecule has 0 saturated carbocycles. The second kappa shape index (κ2) is 7.09. The Bertz CT molecular complexity index is 551. The van der Waals surface area contributed by atoms with Gasteiger partial charge < -0.3 is 10.1 Å². The highest BCUT2D eigenvalue weighted by atomic mass is 16.5. The molecule has 112 valence electrons. The summed E-state index contributed by atoms with van der Waals surface area (Å²) in [6, 6.07) is 7.61. The molecule has 0 bridgehead atoms. The number of ether oxygens (including phenoxy) is 1. The van der Waals surface area contributed by atoms with Gasteiger partial charge in [-0.05, 0) is 24.1 Å². The van der Waals surface area contributed by atoms with Gasteiger partial charge in [-0.3, -0.25) is 9.69 Å². The zero-order valence-corrected chi connectivity index (χ0v) is 12.6. The summed E-state index contributed by atoms with van der Waals surface area (Å²) >= 11 is 0. The molecule has 1 fully saturated rings. The fourth-order valence-electron chi connectivity index (χ4n) is 2.62. The van der Waals surface area contributed by atoms with Gasteiger partial charge in [0.15, 0.2) is 0 Å². The summed E-state index contributed by atoms with van der Waals surface area (Å²) in [5.74, 6) is 0.592. The van der Waals surface area contributed by atoms with Gasteiger partial charge in [-0.1, -0.05) is 25.8 Å². The third-order valence-electron chi connectivity index (χ3n) is 3.72. The fourth-order valence-corrected chi connectivity index (χ4v) is 2.62. The summed E-state index contributed by atoms with van der Waals surface area (Å²) in [6.45, 7) is 3.46. The molecular weight excluding hydrogens is 266 g/mol. The maximum Gasteiger partial charge on any atom is 0.235 e. The maximum atomic E-state index is 11.7. The number of nitrogens with zero attached hydrogens (tertiary/aromatic N) is 2. The SMILES string of the molecule is CCCCCN1CC(=O)N[C@@H]1c1ccc(OC)c(C#N)c1. The molecule has 2 rings (SSSR count). The summed E-state index contributed by atoms with van der Waals surface area (Å²) < 4.78 is 5.16.